The standard InChI is InChI=1S/C24H14ClFN6O2/c1-33-22-14-16(12-13-27-22)24-31-29-21(34-24)11-10-20-28-30-23(15-6-8-17(26)9-7-15)32(20)19-5-3-2-4-18(19)25/h2-9,12-14H,1H3. The number of methoxy groups -OCH3 is 1. The van der Waals surface area contributed by atoms with Crippen LogP contribution >= 0.6 is 11.6 Å². The van der Waals surface area contributed by atoms with Gasteiger partial charge in [-0.2, -0.15) is 0 Å². The van der Waals surface area contributed by atoms with E-state index in [4.69, 9.17) is 20.8 Å². The summed E-state index contributed by atoms with van der Waals surface area (Å²) in [4.78, 5) is 4.05. The van der Waals surface area contributed by atoms with Crippen molar-refractivity contribution in [3.05, 3.63) is 89.4 Å². The van der Waals surface area contributed by atoms with E-state index >= 15 is 0 Å². The molecule has 0 bridgehead atoms. The molecule has 0 aliphatic rings. The Labute approximate surface area is 198 Å². The Balaban J connectivity index is 1.55. The zero-order valence-corrected chi connectivity index (χ0v) is 18.4. The van der Waals surface area contributed by atoms with Crippen LogP contribution in [0.3, 0.4) is 0 Å². The fourth-order valence-electron chi connectivity index (χ4n) is 3.17. The zero-order chi connectivity index (χ0) is 23.5. The van der Waals surface area contributed by atoms with Gasteiger partial charge in [-0.25, -0.2) is 9.37 Å². The van der Waals surface area contributed by atoms with Crippen LogP contribution in [-0.2, 0) is 0 Å². The number of para-hydroxylation sites is 1. The summed E-state index contributed by atoms with van der Waals surface area (Å²) in [6, 6.07) is 16.5. The summed E-state index contributed by atoms with van der Waals surface area (Å²) >= 11 is 6.44. The monoisotopic (exact) mass is 472 g/mol. The van der Waals surface area contributed by atoms with Gasteiger partial charge in [0, 0.05) is 29.3 Å². The highest BCUT2D eigenvalue weighted by Crippen LogP contribution is 2.27. The van der Waals surface area contributed by atoms with Crippen LogP contribution in [0.5, 0.6) is 5.88 Å². The lowest BCUT2D eigenvalue weighted by molar-refractivity contribution is 0.398. The van der Waals surface area contributed by atoms with Gasteiger partial charge in [-0.1, -0.05) is 28.8 Å². The topological polar surface area (TPSA) is 91.8 Å². The van der Waals surface area contributed by atoms with Gasteiger partial charge in [0.15, 0.2) is 5.82 Å². The van der Waals surface area contributed by atoms with E-state index in [-0.39, 0.29) is 23.4 Å². The van der Waals surface area contributed by atoms with Gasteiger partial charge < -0.3 is 9.15 Å². The van der Waals surface area contributed by atoms with Crippen molar-refractivity contribution in [2.45, 2.75) is 0 Å². The lowest BCUT2D eigenvalue weighted by Gasteiger charge is -2.10. The molecule has 0 aliphatic heterocycles. The molecular formula is C24H14ClFN6O2. The van der Waals surface area contributed by atoms with Crippen LogP contribution in [0.1, 0.15) is 11.7 Å². The summed E-state index contributed by atoms with van der Waals surface area (Å²) in [7, 11) is 1.52. The van der Waals surface area contributed by atoms with Crippen LogP contribution in [0, 0.1) is 17.7 Å². The first kappa shape index (κ1) is 21.3. The van der Waals surface area contributed by atoms with E-state index in [1.165, 1.54) is 19.2 Å². The highest BCUT2D eigenvalue weighted by Gasteiger charge is 2.17. The first-order valence-electron chi connectivity index (χ1n) is 9.94. The number of nitrogens with zero attached hydrogens (tertiary/aromatic N) is 6. The Morgan fingerprint density at radius 2 is 1.76 bits per heavy atom. The zero-order valence-electron chi connectivity index (χ0n) is 17.6. The number of ether oxygens (including phenoxy) is 1. The van der Waals surface area contributed by atoms with Gasteiger partial charge in [0.25, 0.3) is 5.89 Å². The highest BCUT2D eigenvalue weighted by molar-refractivity contribution is 6.32. The smallest absolute Gasteiger partial charge is 0.294 e. The molecule has 8 nitrogen and oxygen atoms in total. The number of hydrogen-bond acceptors (Lipinski definition) is 7. The SMILES string of the molecule is COc1cc(-c2nnc(C#Cc3nnc(-c4ccc(F)cc4)n3-c3ccccc3Cl)o2)ccn1. The molecule has 0 amide bonds. The molecule has 0 atom stereocenters. The third-order valence-electron chi connectivity index (χ3n) is 4.76. The Bertz CT molecular complexity index is 1540. The van der Waals surface area contributed by atoms with Gasteiger partial charge in [0.05, 0.1) is 17.8 Å². The normalized spacial score (nSPS) is 10.6. The summed E-state index contributed by atoms with van der Waals surface area (Å²) in [6.07, 6.45) is 1.58. The van der Waals surface area contributed by atoms with Crippen molar-refractivity contribution in [1.82, 2.24) is 29.9 Å². The Hall–Kier alpha value is -4.55. The third-order valence-corrected chi connectivity index (χ3v) is 5.08. The average Bonchev–Trinajstić information content (AvgIpc) is 3.51. The predicted molar refractivity (Wildman–Crippen MR) is 122 cm³/mol. The maximum absolute atomic E-state index is 13.5. The van der Waals surface area contributed by atoms with Crippen molar-refractivity contribution in [3.8, 4) is 46.3 Å². The molecule has 3 aromatic heterocycles. The maximum atomic E-state index is 13.5. The molecule has 10 heteroatoms. The van der Waals surface area contributed by atoms with E-state index in [1.54, 1.807) is 41.1 Å². The lowest BCUT2D eigenvalue weighted by Crippen LogP contribution is -2.01. The van der Waals surface area contributed by atoms with E-state index < -0.39 is 0 Å². The average molecular weight is 473 g/mol. The van der Waals surface area contributed by atoms with E-state index in [0.717, 1.165) is 0 Å². The quantitative estimate of drug-likeness (QED) is 0.353. The van der Waals surface area contributed by atoms with Gasteiger partial charge in [0.2, 0.25) is 17.6 Å². The van der Waals surface area contributed by atoms with E-state index in [2.05, 4.69) is 37.2 Å². The van der Waals surface area contributed by atoms with Crippen LogP contribution in [0.25, 0.3) is 28.5 Å². The number of pyridine rings is 1. The van der Waals surface area contributed by atoms with Crippen LogP contribution in [0.4, 0.5) is 4.39 Å². The molecule has 0 saturated heterocycles. The van der Waals surface area contributed by atoms with Crippen molar-refractivity contribution in [2.24, 2.45) is 0 Å². The van der Waals surface area contributed by atoms with Crippen LogP contribution in [-0.4, -0.2) is 37.1 Å². The summed E-state index contributed by atoms with van der Waals surface area (Å²) in [6.45, 7) is 0. The molecule has 0 radical (unpaired) electrons. The largest absolute Gasteiger partial charge is 0.481 e. The fourth-order valence-corrected chi connectivity index (χ4v) is 3.39. The van der Waals surface area contributed by atoms with Crippen molar-refractivity contribution < 1.29 is 13.5 Å². The molecule has 0 spiro atoms. The number of benzene rings is 2. The van der Waals surface area contributed by atoms with Crippen molar-refractivity contribution >= 4 is 11.6 Å². The highest BCUT2D eigenvalue weighted by atomic mass is 35.5. The Morgan fingerprint density at radius 1 is 0.941 bits per heavy atom. The maximum Gasteiger partial charge on any atom is 0.294 e. The molecule has 5 rings (SSSR count). The molecule has 34 heavy (non-hydrogen) atoms. The molecule has 166 valence electrons. The minimum atomic E-state index is -0.355. The Kier molecular flexibility index (Phi) is 5.72. The number of rotatable bonds is 4. The minimum Gasteiger partial charge on any atom is -0.481 e. The van der Waals surface area contributed by atoms with Gasteiger partial charge in [-0.3, -0.25) is 4.57 Å². The van der Waals surface area contributed by atoms with Gasteiger partial charge in [-0.05, 0) is 48.4 Å². The first-order chi connectivity index (χ1) is 16.6. The molecular weight excluding hydrogens is 459 g/mol. The molecule has 5 aromatic rings. The number of hydrogen-bond donors (Lipinski definition) is 0. The molecule has 2 aromatic carbocycles. The molecule has 0 unspecified atom stereocenters. The molecule has 0 saturated carbocycles. The molecule has 3 heterocycles. The van der Waals surface area contributed by atoms with Gasteiger partial charge >= 0.3 is 0 Å². The third kappa shape index (κ3) is 4.22. The molecule has 0 N–H and O–H groups in total. The first-order valence-corrected chi connectivity index (χ1v) is 10.3. The predicted octanol–water partition coefficient (Wildman–Crippen LogP) is 4.58. The lowest BCUT2D eigenvalue weighted by atomic mass is 10.2. The second kappa shape index (κ2) is 9.13. The van der Waals surface area contributed by atoms with Crippen LogP contribution < -0.4 is 4.74 Å². The van der Waals surface area contributed by atoms with E-state index in [9.17, 15) is 4.39 Å². The summed E-state index contributed by atoms with van der Waals surface area (Å²) in [5.74, 6) is 6.90. The number of halogens is 2. The van der Waals surface area contributed by atoms with Crippen LogP contribution in [0.2, 0.25) is 5.02 Å². The summed E-state index contributed by atoms with van der Waals surface area (Å²) in [5, 5.41) is 16.9. The molecule has 0 aliphatic carbocycles. The van der Waals surface area contributed by atoms with Gasteiger partial charge in [0.1, 0.15) is 5.82 Å². The minimum absolute atomic E-state index is 0.0859. The van der Waals surface area contributed by atoms with Gasteiger partial charge in [-0.15, -0.1) is 15.3 Å². The molecule has 0 fully saturated rings. The second-order valence-corrected chi connectivity index (χ2v) is 7.30. The van der Waals surface area contributed by atoms with E-state index in [0.29, 0.717) is 33.5 Å². The van der Waals surface area contributed by atoms with Crippen LogP contribution in [0.15, 0.2) is 71.3 Å². The fraction of sp³-hybridized carbons (Fsp3) is 0.0417. The van der Waals surface area contributed by atoms with E-state index in [1.807, 2.05) is 18.2 Å². The van der Waals surface area contributed by atoms with Crippen molar-refractivity contribution in [1.29, 1.82) is 0 Å². The Morgan fingerprint density at radius 3 is 2.56 bits per heavy atom. The number of aromatic nitrogens is 6. The summed E-state index contributed by atoms with van der Waals surface area (Å²) < 4.78 is 25.9. The second-order valence-electron chi connectivity index (χ2n) is 6.89. The van der Waals surface area contributed by atoms with Crippen molar-refractivity contribution in [2.75, 3.05) is 7.11 Å². The summed E-state index contributed by atoms with van der Waals surface area (Å²) in [5.41, 5.74) is 1.91. The van der Waals surface area contributed by atoms with Crippen molar-refractivity contribution in [3.63, 3.8) is 0 Å².